The number of rotatable bonds is 2. The Morgan fingerprint density at radius 3 is 2.00 bits per heavy atom. The minimum absolute atomic E-state index is 0.00248. The molecule has 0 spiro atoms. The van der Waals surface area contributed by atoms with Gasteiger partial charge in [0.1, 0.15) is 5.82 Å². The molecule has 0 atom stereocenters. The fraction of sp³-hybridized carbons (Fsp3) is 0.571. The molecular formula is C14H18BF3O2. The van der Waals surface area contributed by atoms with E-state index in [1.165, 1.54) is 0 Å². The van der Waals surface area contributed by atoms with Crippen LogP contribution in [-0.4, -0.2) is 18.3 Å². The van der Waals surface area contributed by atoms with Gasteiger partial charge in [0.25, 0.3) is 5.92 Å². The average Bonchev–Trinajstić information content (AvgIpc) is 2.46. The minimum atomic E-state index is -3.04. The molecule has 0 bridgehead atoms. The lowest BCUT2D eigenvalue weighted by Gasteiger charge is -2.32. The third-order valence-corrected chi connectivity index (χ3v) is 4.01. The summed E-state index contributed by atoms with van der Waals surface area (Å²) in [7, 11) is -0.984. The second kappa shape index (κ2) is 4.50. The first-order valence-corrected chi connectivity index (χ1v) is 6.47. The highest BCUT2D eigenvalue weighted by molar-refractivity contribution is 6.62. The van der Waals surface area contributed by atoms with Crippen molar-refractivity contribution in [2.45, 2.75) is 51.7 Å². The van der Waals surface area contributed by atoms with E-state index in [9.17, 15) is 13.2 Å². The maximum Gasteiger partial charge on any atom is 0.497 e. The van der Waals surface area contributed by atoms with E-state index in [0.717, 1.165) is 25.1 Å². The molecule has 1 fully saturated rings. The highest BCUT2D eigenvalue weighted by Crippen LogP contribution is 2.37. The molecule has 1 saturated heterocycles. The summed E-state index contributed by atoms with van der Waals surface area (Å²) >= 11 is 0. The highest BCUT2D eigenvalue weighted by atomic mass is 19.3. The predicted molar refractivity (Wildman–Crippen MR) is 71.7 cm³/mol. The number of hydrogen-bond acceptors (Lipinski definition) is 2. The van der Waals surface area contributed by atoms with Crippen LogP contribution in [-0.2, 0) is 15.2 Å². The number of benzene rings is 1. The smallest absolute Gasteiger partial charge is 0.399 e. The Labute approximate surface area is 117 Å². The first-order valence-electron chi connectivity index (χ1n) is 6.47. The molecule has 0 radical (unpaired) electrons. The van der Waals surface area contributed by atoms with Gasteiger partial charge < -0.3 is 9.31 Å². The summed E-state index contributed by atoms with van der Waals surface area (Å²) in [6.45, 7) is 8.06. The van der Waals surface area contributed by atoms with E-state index in [1.54, 1.807) is 0 Å². The SMILES string of the molecule is CC(F)(F)c1ccc(F)c(B2OC(C)(C)C(C)(C)O2)c1. The first-order chi connectivity index (χ1) is 8.94. The molecule has 0 aromatic heterocycles. The second-order valence-corrected chi connectivity index (χ2v) is 6.21. The molecule has 0 unspecified atom stereocenters. The maximum atomic E-state index is 13.9. The first kappa shape index (κ1) is 15.4. The summed E-state index contributed by atoms with van der Waals surface area (Å²) in [6.07, 6.45) is 0. The molecular weight excluding hydrogens is 268 g/mol. The zero-order valence-corrected chi connectivity index (χ0v) is 12.3. The molecule has 1 aliphatic rings. The standard InChI is InChI=1S/C14H18BF3O2/c1-12(2)13(3,4)20-15(19-12)10-8-9(14(5,17)18)6-7-11(10)16/h6-8H,1-5H3. The van der Waals surface area contributed by atoms with Crippen molar-refractivity contribution in [3.05, 3.63) is 29.6 Å². The maximum absolute atomic E-state index is 13.9. The normalized spacial score (nSPS) is 21.3. The van der Waals surface area contributed by atoms with Crippen LogP contribution in [0.2, 0.25) is 0 Å². The molecule has 1 aliphatic heterocycles. The van der Waals surface area contributed by atoms with Crippen LogP contribution in [0.3, 0.4) is 0 Å². The van der Waals surface area contributed by atoms with Crippen LogP contribution in [0.4, 0.5) is 13.2 Å². The van der Waals surface area contributed by atoms with Crippen molar-refractivity contribution in [2.24, 2.45) is 0 Å². The van der Waals surface area contributed by atoms with Gasteiger partial charge in [-0.15, -0.1) is 0 Å². The molecule has 2 nitrogen and oxygen atoms in total. The quantitative estimate of drug-likeness (QED) is 0.777. The molecule has 6 heteroatoms. The Morgan fingerprint density at radius 1 is 1.05 bits per heavy atom. The van der Waals surface area contributed by atoms with Crippen LogP contribution in [0.25, 0.3) is 0 Å². The molecule has 1 heterocycles. The summed E-state index contributed by atoms with van der Waals surface area (Å²) < 4.78 is 52.0. The number of alkyl halides is 2. The Balaban J connectivity index is 2.40. The van der Waals surface area contributed by atoms with E-state index in [1.807, 2.05) is 27.7 Å². The van der Waals surface area contributed by atoms with Crippen molar-refractivity contribution < 1.29 is 22.5 Å². The van der Waals surface area contributed by atoms with E-state index in [2.05, 4.69) is 0 Å². The second-order valence-electron chi connectivity index (χ2n) is 6.21. The Bertz CT molecular complexity index is 508. The van der Waals surface area contributed by atoms with Gasteiger partial charge in [-0.3, -0.25) is 0 Å². The Morgan fingerprint density at radius 2 is 1.55 bits per heavy atom. The van der Waals surface area contributed by atoms with Crippen LogP contribution >= 0.6 is 0 Å². The highest BCUT2D eigenvalue weighted by Gasteiger charge is 2.52. The average molecular weight is 286 g/mol. The van der Waals surface area contributed by atoms with Crippen molar-refractivity contribution in [2.75, 3.05) is 0 Å². The monoisotopic (exact) mass is 286 g/mol. The molecule has 20 heavy (non-hydrogen) atoms. The lowest BCUT2D eigenvalue weighted by molar-refractivity contribution is 0.00578. The van der Waals surface area contributed by atoms with Crippen LogP contribution in [0.5, 0.6) is 0 Å². The fourth-order valence-corrected chi connectivity index (χ4v) is 1.97. The van der Waals surface area contributed by atoms with Crippen LogP contribution in [0.15, 0.2) is 18.2 Å². The van der Waals surface area contributed by atoms with E-state index < -0.39 is 30.1 Å². The van der Waals surface area contributed by atoms with E-state index in [4.69, 9.17) is 9.31 Å². The molecule has 0 amide bonds. The lowest BCUT2D eigenvalue weighted by atomic mass is 9.77. The minimum Gasteiger partial charge on any atom is -0.399 e. The summed E-state index contributed by atoms with van der Waals surface area (Å²) in [4.78, 5) is 0. The third-order valence-electron chi connectivity index (χ3n) is 4.01. The molecule has 0 N–H and O–H groups in total. The number of halogens is 3. The van der Waals surface area contributed by atoms with E-state index in [-0.39, 0.29) is 11.0 Å². The van der Waals surface area contributed by atoms with E-state index >= 15 is 0 Å². The van der Waals surface area contributed by atoms with Gasteiger partial charge in [0, 0.05) is 17.9 Å². The topological polar surface area (TPSA) is 18.5 Å². The van der Waals surface area contributed by atoms with Crippen LogP contribution < -0.4 is 5.46 Å². The molecule has 1 aromatic carbocycles. The number of hydrogen-bond donors (Lipinski definition) is 0. The third kappa shape index (κ3) is 2.59. The molecule has 1 aromatic rings. The van der Waals surface area contributed by atoms with Gasteiger partial charge in [0.15, 0.2) is 0 Å². The lowest BCUT2D eigenvalue weighted by Crippen LogP contribution is -2.41. The van der Waals surface area contributed by atoms with Crippen molar-refractivity contribution in [3.8, 4) is 0 Å². The van der Waals surface area contributed by atoms with Crippen molar-refractivity contribution in [3.63, 3.8) is 0 Å². The van der Waals surface area contributed by atoms with Gasteiger partial charge in [0.2, 0.25) is 0 Å². The fourth-order valence-electron chi connectivity index (χ4n) is 1.97. The summed E-state index contributed by atoms with van der Waals surface area (Å²) in [5, 5.41) is 0. The van der Waals surface area contributed by atoms with E-state index in [0.29, 0.717) is 0 Å². The van der Waals surface area contributed by atoms with Gasteiger partial charge in [-0.25, -0.2) is 13.2 Å². The largest absolute Gasteiger partial charge is 0.497 e. The van der Waals surface area contributed by atoms with Gasteiger partial charge in [-0.2, -0.15) is 0 Å². The van der Waals surface area contributed by atoms with Gasteiger partial charge in [-0.1, -0.05) is 12.1 Å². The van der Waals surface area contributed by atoms with Gasteiger partial charge >= 0.3 is 7.12 Å². The van der Waals surface area contributed by atoms with Gasteiger partial charge in [0.05, 0.1) is 11.2 Å². The summed E-state index contributed by atoms with van der Waals surface area (Å²) in [6, 6.07) is 3.20. The van der Waals surface area contributed by atoms with Crippen molar-refractivity contribution >= 4 is 12.6 Å². The zero-order chi connectivity index (χ0) is 15.3. The van der Waals surface area contributed by atoms with Crippen molar-refractivity contribution in [1.82, 2.24) is 0 Å². The van der Waals surface area contributed by atoms with Crippen LogP contribution in [0, 0.1) is 5.82 Å². The summed E-state index contributed by atoms with van der Waals surface area (Å²) in [5.74, 6) is -3.65. The molecule has 0 saturated carbocycles. The zero-order valence-electron chi connectivity index (χ0n) is 12.3. The Hall–Kier alpha value is -1.01. The summed E-state index contributed by atoms with van der Waals surface area (Å²) in [5.41, 5.74) is -1.55. The molecule has 110 valence electrons. The van der Waals surface area contributed by atoms with Crippen molar-refractivity contribution in [1.29, 1.82) is 0 Å². The van der Waals surface area contributed by atoms with Gasteiger partial charge in [-0.05, 0) is 33.8 Å². The molecule has 0 aliphatic carbocycles. The Kier molecular flexibility index (Phi) is 3.46. The van der Waals surface area contributed by atoms with Crippen LogP contribution in [0.1, 0.15) is 40.2 Å². The molecule has 2 rings (SSSR count). The predicted octanol–water partition coefficient (Wildman–Crippen LogP) is 3.24.